The molecule has 162 valence electrons. The SMILES string of the molecule is COc1ccc(Cn2c([C@H]3CC(=O)N(Cc4ccc(F)cc4)C3)nc3ccccc32)cc1. The van der Waals surface area contributed by atoms with Gasteiger partial charge >= 0.3 is 0 Å². The summed E-state index contributed by atoms with van der Waals surface area (Å²) in [6.45, 7) is 1.75. The number of rotatable bonds is 6. The van der Waals surface area contributed by atoms with Crippen LogP contribution in [0.2, 0.25) is 0 Å². The molecule has 1 fully saturated rings. The zero-order valence-electron chi connectivity index (χ0n) is 17.9. The molecule has 0 unspecified atom stereocenters. The molecule has 0 N–H and O–H groups in total. The molecular weight excluding hydrogens is 405 g/mol. The van der Waals surface area contributed by atoms with Gasteiger partial charge in [0, 0.05) is 32.0 Å². The van der Waals surface area contributed by atoms with Gasteiger partial charge in [-0.2, -0.15) is 0 Å². The van der Waals surface area contributed by atoms with Crippen LogP contribution >= 0.6 is 0 Å². The first-order chi connectivity index (χ1) is 15.6. The van der Waals surface area contributed by atoms with Crippen LogP contribution in [0.25, 0.3) is 11.0 Å². The minimum absolute atomic E-state index is 0.00796. The second-order valence-electron chi connectivity index (χ2n) is 8.19. The van der Waals surface area contributed by atoms with Gasteiger partial charge in [0.15, 0.2) is 0 Å². The summed E-state index contributed by atoms with van der Waals surface area (Å²) in [4.78, 5) is 19.5. The van der Waals surface area contributed by atoms with Crippen LogP contribution in [0.4, 0.5) is 4.39 Å². The lowest BCUT2D eigenvalue weighted by Crippen LogP contribution is -2.24. The van der Waals surface area contributed by atoms with Crippen molar-refractivity contribution in [3.63, 3.8) is 0 Å². The van der Waals surface area contributed by atoms with Crippen LogP contribution in [0.3, 0.4) is 0 Å². The van der Waals surface area contributed by atoms with Crippen molar-refractivity contribution < 1.29 is 13.9 Å². The number of para-hydroxylation sites is 2. The van der Waals surface area contributed by atoms with E-state index in [0.29, 0.717) is 26.1 Å². The van der Waals surface area contributed by atoms with Gasteiger partial charge in [-0.1, -0.05) is 36.4 Å². The molecule has 5 nitrogen and oxygen atoms in total. The molecule has 4 aromatic rings. The van der Waals surface area contributed by atoms with E-state index >= 15 is 0 Å². The fourth-order valence-electron chi connectivity index (χ4n) is 4.39. The fraction of sp³-hybridized carbons (Fsp3) is 0.231. The Morgan fingerprint density at radius 2 is 1.66 bits per heavy atom. The minimum Gasteiger partial charge on any atom is -0.497 e. The molecule has 1 amide bonds. The van der Waals surface area contributed by atoms with Gasteiger partial charge in [0.25, 0.3) is 0 Å². The van der Waals surface area contributed by atoms with Crippen LogP contribution in [0.1, 0.15) is 29.3 Å². The number of amides is 1. The predicted molar refractivity (Wildman–Crippen MR) is 121 cm³/mol. The lowest BCUT2D eigenvalue weighted by atomic mass is 10.1. The molecule has 0 saturated carbocycles. The van der Waals surface area contributed by atoms with E-state index in [1.165, 1.54) is 12.1 Å². The number of likely N-dealkylation sites (tertiary alicyclic amines) is 1. The van der Waals surface area contributed by atoms with Gasteiger partial charge in [-0.25, -0.2) is 9.37 Å². The third-order valence-corrected chi connectivity index (χ3v) is 6.05. The third kappa shape index (κ3) is 3.96. The molecule has 0 aliphatic carbocycles. The number of fused-ring (bicyclic) bond motifs is 1. The van der Waals surface area contributed by atoms with Crippen LogP contribution in [0, 0.1) is 5.82 Å². The van der Waals surface area contributed by atoms with Gasteiger partial charge in [-0.05, 0) is 47.5 Å². The Morgan fingerprint density at radius 1 is 0.969 bits per heavy atom. The van der Waals surface area contributed by atoms with Gasteiger partial charge in [-0.3, -0.25) is 4.79 Å². The quantitative estimate of drug-likeness (QED) is 0.445. The van der Waals surface area contributed by atoms with Gasteiger partial charge in [-0.15, -0.1) is 0 Å². The molecule has 1 aliphatic rings. The zero-order valence-corrected chi connectivity index (χ0v) is 17.9. The Hall–Kier alpha value is -3.67. The van der Waals surface area contributed by atoms with Crippen molar-refractivity contribution in [3.8, 4) is 5.75 Å². The summed E-state index contributed by atoms with van der Waals surface area (Å²) in [6, 6.07) is 22.4. The first-order valence-electron chi connectivity index (χ1n) is 10.7. The largest absolute Gasteiger partial charge is 0.497 e. The number of halogens is 1. The van der Waals surface area contributed by atoms with Crippen molar-refractivity contribution in [2.75, 3.05) is 13.7 Å². The molecule has 32 heavy (non-hydrogen) atoms. The number of carbonyl (C=O) groups is 1. The summed E-state index contributed by atoms with van der Waals surface area (Å²) < 4.78 is 20.7. The van der Waals surface area contributed by atoms with Crippen LogP contribution in [-0.4, -0.2) is 34.0 Å². The number of benzene rings is 3. The van der Waals surface area contributed by atoms with Crippen molar-refractivity contribution in [1.29, 1.82) is 0 Å². The minimum atomic E-state index is -0.272. The highest BCUT2D eigenvalue weighted by molar-refractivity contribution is 5.81. The molecular formula is C26H24FN3O2. The number of aromatic nitrogens is 2. The van der Waals surface area contributed by atoms with Gasteiger partial charge in [0.1, 0.15) is 17.4 Å². The Morgan fingerprint density at radius 3 is 2.41 bits per heavy atom. The lowest BCUT2D eigenvalue weighted by Gasteiger charge is -2.17. The summed E-state index contributed by atoms with van der Waals surface area (Å²) in [6.07, 6.45) is 0.424. The summed E-state index contributed by atoms with van der Waals surface area (Å²) in [7, 11) is 1.66. The van der Waals surface area contributed by atoms with E-state index in [9.17, 15) is 9.18 Å². The van der Waals surface area contributed by atoms with E-state index in [1.54, 1.807) is 19.2 Å². The summed E-state index contributed by atoms with van der Waals surface area (Å²) in [5, 5.41) is 0. The molecule has 6 heteroatoms. The average Bonchev–Trinajstić information content (AvgIpc) is 3.36. The van der Waals surface area contributed by atoms with E-state index in [2.05, 4.69) is 22.8 Å². The van der Waals surface area contributed by atoms with Crippen molar-refractivity contribution in [2.24, 2.45) is 0 Å². The van der Waals surface area contributed by atoms with Crippen LogP contribution in [0.5, 0.6) is 5.75 Å². The highest BCUT2D eigenvalue weighted by Gasteiger charge is 2.34. The Bertz CT molecular complexity index is 1250. The maximum atomic E-state index is 13.2. The van der Waals surface area contributed by atoms with Crippen molar-refractivity contribution in [2.45, 2.75) is 25.4 Å². The topological polar surface area (TPSA) is 47.4 Å². The predicted octanol–water partition coefficient (Wildman–Crippen LogP) is 4.75. The molecule has 0 radical (unpaired) electrons. The van der Waals surface area contributed by atoms with E-state index in [0.717, 1.165) is 33.7 Å². The molecule has 5 rings (SSSR count). The Labute approximate surface area is 186 Å². The first-order valence-corrected chi connectivity index (χ1v) is 10.7. The van der Waals surface area contributed by atoms with Crippen LogP contribution in [0.15, 0.2) is 72.8 Å². The average molecular weight is 429 g/mol. The van der Waals surface area contributed by atoms with Gasteiger partial charge < -0.3 is 14.2 Å². The second-order valence-corrected chi connectivity index (χ2v) is 8.19. The number of ether oxygens (including phenoxy) is 1. The number of carbonyl (C=O) groups excluding carboxylic acids is 1. The Kier molecular flexibility index (Phi) is 5.35. The lowest BCUT2D eigenvalue weighted by molar-refractivity contribution is -0.128. The first kappa shape index (κ1) is 20.2. The normalized spacial score (nSPS) is 16.1. The number of methoxy groups -OCH3 is 1. The molecule has 1 aromatic heterocycles. The monoisotopic (exact) mass is 429 g/mol. The second kappa shape index (κ2) is 8.46. The molecule has 0 bridgehead atoms. The summed E-state index contributed by atoms with van der Waals surface area (Å²) >= 11 is 0. The zero-order chi connectivity index (χ0) is 22.1. The summed E-state index contributed by atoms with van der Waals surface area (Å²) in [5.41, 5.74) is 4.05. The van der Waals surface area contributed by atoms with Gasteiger partial charge in [0.2, 0.25) is 5.91 Å². The van der Waals surface area contributed by atoms with Crippen molar-refractivity contribution >= 4 is 16.9 Å². The van der Waals surface area contributed by atoms with Gasteiger partial charge in [0.05, 0.1) is 18.1 Å². The third-order valence-electron chi connectivity index (χ3n) is 6.05. The summed E-state index contributed by atoms with van der Waals surface area (Å²) in [5.74, 6) is 1.59. The number of nitrogens with zero attached hydrogens (tertiary/aromatic N) is 3. The number of hydrogen-bond acceptors (Lipinski definition) is 3. The number of imidazole rings is 1. The molecule has 1 atom stereocenters. The Balaban J connectivity index is 1.43. The highest BCUT2D eigenvalue weighted by atomic mass is 19.1. The van der Waals surface area contributed by atoms with Crippen molar-refractivity contribution in [3.05, 3.63) is 95.6 Å². The molecule has 1 aliphatic heterocycles. The van der Waals surface area contributed by atoms with E-state index in [4.69, 9.17) is 9.72 Å². The standard InChI is InChI=1S/C26H24FN3O2/c1-32-22-12-8-19(9-13-22)16-30-24-5-3-2-4-23(24)28-26(30)20-14-25(31)29(17-20)15-18-6-10-21(27)11-7-18/h2-13,20H,14-17H2,1H3/t20-/m0/s1. The van der Waals surface area contributed by atoms with Crippen molar-refractivity contribution in [1.82, 2.24) is 14.5 Å². The number of hydrogen-bond donors (Lipinski definition) is 0. The smallest absolute Gasteiger partial charge is 0.223 e. The van der Waals surface area contributed by atoms with Crippen LogP contribution in [-0.2, 0) is 17.9 Å². The van der Waals surface area contributed by atoms with E-state index < -0.39 is 0 Å². The van der Waals surface area contributed by atoms with Crippen LogP contribution < -0.4 is 4.74 Å². The maximum Gasteiger partial charge on any atom is 0.223 e. The van der Waals surface area contributed by atoms with E-state index in [-0.39, 0.29) is 17.6 Å². The molecule has 1 saturated heterocycles. The highest BCUT2D eigenvalue weighted by Crippen LogP contribution is 2.32. The molecule has 3 aromatic carbocycles. The maximum absolute atomic E-state index is 13.2. The van der Waals surface area contributed by atoms with E-state index in [1.807, 2.05) is 35.2 Å². The molecule has 0 spiro atoms. The molecule has 2 heterocycles. The fourth-order valence-corrected chi connectivity index (χ4v) is 4.39.